The number of hydrogen-bond donors (Lipinski definition) is 1. The van der Waals surface area contributed by atoms with Crippen LogP contribution in [-0.4, -0.2) is 30.6 Å². The third-order valence-electron chi connectivity index (χ3n) is 4.16. The second kappa shape index (κ2) is 5.25. The van der Waals surface area contributed by atoms with Gasteiger partial charge in [0.15, 0.2) is 0 Å². The van der Waals surface area contributed by atoms with E-state index in [1.165, 1.54) is 37.1 Å². The summed E-state index contributed by atoms with van der Waals surface area (Å²) in [6, 6.07) is 9.44. The molecule has 0 bridgehead atoms. The average Bonchev–Trinajstić information content (AvgIpc) is 2.41. The van der Waals surface area contributed by atoms with E-state index in [0.29, 0.717) is 6.04 Å². The van der Waals surface area contributed by atoms with Crippen molar-refractivity contribution in [2.45, 2.75) is 32.4 Å². The maximum Gasteiger partial charge on any atom is 0.0238 e. The second-order valence-corrected chi connectivity index (χ2v) is 5.61. The summed E-state index contributed by atoms with van der Waals surface area (Å²) >= 11 is 0. The molecule has 0 aromatic heterocycles. The molecule has 0 spiro atoms. The van der Waals surface area contributed by atoms with Crippen molar-refractivity contribution in [3.05, 3.63) is 47.0 Å². The predicted octanol–water partition coefficient (Wildman–Crippen LogP) is 2.35. The Labute approximate surface area is 110 Å². The van der Waals surface area contributed by atoms with Crippen LogP contribution in [0.3, 0.4) is 0 Å². The largest absolute Gasteiger partial charge is 0.308 e. The summed E-state index contributed by atoms with van der Waals surface area (Å²) in [7, 11) is 0. The van der Waals surface area contributed by atoms with Gasteiger partial charge in [0, 0.05) is 32.2 Å². The van der Waals surface area contributed by atoms with Crippen LogP contribution >= 0.6 is 0 Å². The Kier molecular flexibility index (Phi) is 3.48. The first kappa shape index (κ1) is 11.9. The molecule has 1 atom stereocenters. The molecule has 0 amide bonds. The zero-order chi connectivity index (χ0) is 12.4. The molecule has 1 aromatic carbocycles. The summed E-state index contributed by atoms with van der Waals surface area (Å²) in [6.07, 6.45) is 4.79. The maximum atomic E-state index is 3.67. The number of nitrogens with one attached hydrogen (secondary N) is 1. The highest BCUT2D eigenvalue weighted by Gasteiger charge is 2.20. The van der Waals surface area contributed by atoms with Crippen LogP contribution in [-0.2, 0) is 13.0 Å². The zero-order valence-electron chi connectivity index (χ0n) is 11.2. The first-order chi connectivity index (χ1) is 8.81. The van der Waals surface area contributed by atoms with Crippen molar-refractivity contribution >= 4 is 0 Å². The van der Waals surface area contributed by atoms with Crippen LogP contribution < -0.4 is 5.32 Å². The molecule has 18 heavy (non-hydrogen) atoms. The van der Waals surface area contributed by atoms with E-state index < -0.39 is 0 Å². The van der Waals surface area contributed by atoms with E-state index >= 15 is 0 Å². The van der Waals surface area contributed by atoms with Crippen LogP contribution in [0.1, 0.15) is 24.5 Å². The zero-order valence-corrected chi connectivity index (χ0v) is 11.2. The third kappa shape index (κ3) is 2.65. The molecule has 1 aromatic rings. The summed E-state index contributed by atoms with van der Waals surface area (Å²) in [4.78, 5) is 2.57. The molecule has 2 nitrogen and oxygen atoms in total. The normalized spacial score (nSPS) is 24.5. The number of benzene rings is 1. The Bertz CT molecular complexity index is 450. The monoisotopic (exact) mass is 242 g/mol. The van der Waals surface area contributed by atoms with Gasteiger partial charge in [0.2, 0.25) is 0 Å². The Morgan fingerprint density at radius 3 is 2.89 bits per heavy atom. The van der Waals surface area contributed by atoms with Crippen LogP contribution in [0.4, 0.5) is 0 Å². The molecule has 0 radical (unpaired) electrons. The quantitative estimate of drug-likeness (QED) is 0.801. The Balaban J connectivity index is 1.60. The molecular weight excluding hydrogens is 220 g/mol. The topological polar surface area (TPSA) is 15.3 Å². The molecule has 0 saturated heterocycles. The van der Waals surface area contributed by atoms with Gasteiger partial charge in [-0.05, 0) is 30.9 Å². The van der Waals surface area contributed by atoms with Crippen molar-refractivity contribution in [2.24, 2.45) is 0 Å². The van der Waals surface area contributed by atoms with E-state index in [0.717, 1.165) is 13.1 Å². The van der Waals surface area contributed by atoms with Gasteiger partial charge in [-0.2, -0.15) is 0 Å². The molecule has 1 N–H and O–H groups in total. The first-order valence-corrected chi connectivity index (χ1v) is 6.99. The van der Waals surface area contributed by atoms with Crippen LogP contribution in [0.2, 0.25) is 0 Å². The lowest BCUT2D eigenvalue weighted by molar-refractivity contribution is 0.251. The Morgan fingerprint density at radius 1 is 1.28 bits per heavy atom. The molecule has 3 rings (SSSR count). The van der Waals surface area contributed by atoms with E-state index in [2.05, 4.69) is 47.5 Å². The molecule has 2 heterocycles. The Morgan fingerprint density at radius 2 is 2.11 bits per heavy atom. The van der Waals surface area contributed by atoms with Crippen molar-refractivity contribution in [2.75, 3.05) is 19.6 Å². The fourth-order valence-electron chi connectivity index (χ4n) is 2.94. The van der Waals surface area contributed by atoms with Gasteiger partial charge >= 0.3 is 0 Å². The minimum absolute atomic E-state index is 0.617. The first-order valence-electron chi connectivity index (χ1n) is 6.99. The fourth-order valence-corrected chi connectivity index (χ4v) is 2.94. The highest BCUT2D eigenvalue weighted by atomic mass is 15.1. The van der Waals surface area contributed by atoms with Crippen molar-refractivity contribution in [1.29, 1.82) is 0 Å². The molecule has 0 saturated carbocycles. The van der Waals surface area contributed by atoms with Crippen molar-refractivity contribution < 1.29 is 0 Å². The summed E-state index contributed by atoms with van der Waals surface area (Å²) < 4.78 is 0. The van der Waals surface area contributed by atoms with Gasteiger partial charge in [0.05, 0.1) is 0 Å². The van der Waals surface area contributed by atoms with E-state index in [9.17, 15) is 0 Å². The molecular formula is C16H22N2. The molecule has 2 heteroatoms. The maximum absolute atomic E-state index is 3.67. The van der Waals surface area contributed by atoms with Crippen molar-refractivity contribution in [3.63, 3.8) is 0 Å². The van der Waals surface area contributed by atoms with Crippen molar-refractivity contribution in [3.8, 4) is 0 Å². The van der Waals surface area contributed by atoms with Crippen LogP contribution in [0.25, 0.3) is 0 Å². The molecule has 2 aliphatic rings. The molecule has 96 valence electrons. The van der Waals surface area contributed by atoms with Gasteiger partial charge in [-0.3, -0.25) is 4.90 Å². The van der Waals surface area contributed by atoms with Crippen LogP contribution in [0.5, 0.6) is 0 Å². The highest BCUT2D eigenvalue weighted by Crippen LogP contribution is 2.18. The lowest BCUT2D eigenvalue weighted by atomic mass is 9.95. The molecule has 1 unspecified atom stereocenters. The minimum Gasteiger partial charge on any atom is -0.308 e. The Hall–Kier alpha value is -1.12. The summed E-state index contributed by atoms with van der Waals surface area (Å²) in [5.41, 5.74) is 4.56. The van der Waals surface area contributed by atoms with Gasteiger partial charge < -0.3 is 5.32 Å². The number of rotatable bonds is 2. The lowest BCUT2D eigenvalue weighted by Crippen LogP contribution is -2.45. The standard InChI is InChI=1S/C16H22N2/c1-13-6-8-18(9-7-13)12-16-10-14-4-2-3-5-15(14)11-17-16/h2-6,16-17H,7-12H2,1H3. The highest BCUT2D eigenvalue weighted by molar-refractivity contribution is 5.30. The predicted molar refractivity (Wildman–Crippen MR) is 75.6 cm³/mol. The van der Waals surface area contributed by atoms with Gasteiger partial charge in [-0.1, -0.05) is 35.9 Å². The van der Waals surface area contributed by atoms with Gasteiger partial charge in [-0.15, -0.1) is 0 Å². The summed E-state index contributed by atoms with van der Waals surface area (Å²) in [6.45, 7) is 6.81. The minimum atomic E-state index is 0.617. The summed E-state index contributed by atoms with van der Waals surface area (Å²) in [5, 5.41) is 3.67. The number of hydrogen-bond acceptors (Lipinski definition) is 2. The van der Waals surface area contributed by atoms with Crippen LogP contribution in [0.15, 0.2) is 35.9 Å². The van der Waals surface area contributed by atoms with Gasteiger partial charge in [-0.25, -0.2) is 0 Å². The summed E-state index contributed by atoms with van der Waals surface area (Å²) in [5.74, 6) is 0. The second-order valence-electron chi connectivity index (χ2n) is 5.61. The van der Waals surface area contributed by atoms with Crippen molar-refractivity contribution in [1.82, 2.24) is 10.2 Å². The third-order valence-corrected chi connectivity index (χ3v) is 4.16. The lowest BCUT2D eigenvalue weighted by Gasteiger charge is -2.32. The number of fused-ring (bicyclic) bond motifs is 1. The van der Waals surface area contributed by atoms with E-state index in [-0.39, 0.29) is 0 Å². The van der Waals surface area contributed by atoms with Gasteiger partial charge in [0.25, 0.3) is 0 Å². The average molecular weight is 242 g/mol. The smallest absolute Gasteiger partial charge is 0.0238 e. The SMILES string of the molecule is CC1=CCN(CC2Cc3ccccc3CN2)CC1. The fraction of sp³-hybridized carbons (Fsp3) is 0.500. The molecule has 2 aliphatic heterocycles. The number of nitrogens with zero attached hydrogens (tertiary/aromatic N) is 1. The van der Waals surface area contributed by atoms with E-state index in [1.54, 1.807) is 5.57 Å². The van der Waals surface area contributed by atoms with Crippen LogP contribution in [0, 0.1) is 0 Å². The molecule has 0 fully saturated rings. The van der Waals surface area contributed by atoms with E-state index in [1.807, 2.05) is 0 Å². The van der Waals surface area contributed by atoms with E-state index in [4.69, 9.17) is 0 Å². The van der Waals surface area contributed by atoms with Gasteiger partial charge in [0.1, 0.15) is 0 Å². The molecule has 0 aliphatic carbocycles.